The third-order valence-electron chi connectivity index (χ3n) is 3.59. The van der Waals surface area contributed by atoms with E-state index in [0.29, 0.717) is 16.8 Å². The van der Waals surface area contributed by atoms with Gasteiger partial charge in [0, 0.05) is 17.7 Å². The van der Waals surface area contributed by atoms with Crippen LogP contribution in [0.4, 0.5) is 5.69 Å². The van der Waals surface area contributed by atoms with E-state index in [2.05, 4.69) is 21.2 Å². The van der Waals surface area contributed by atoms with Gasteiger partial charge in [-0.15, -0.1) is 12.4 Å². The van der Waals surface area contributed by atoms with Crippen LogP contribution in [0.1, 0.15) is 42.4 Å². The average Bonchev–Trinajstić information content (AvgIpc) is 2.85. The predicted octanol–water partition coefficient (Wildman–Crippen LogP) is 4.08. The molecule has 0 radical (unpaired) electrons. The Kier molecular flexibility index (Phi) is 4.96. The van der Waals surface area contributed by atoms with E-state index in [9.17, 15) is 4.79 Å². The maximum atomic E-state index is 12.3. The second kappa shape index (κ2) is 6.45. The predicted molar refractivity (Wildman–Crippen MR) is 94.0 cm³/mol. The van der Waals surface area contributed by atoms with Crippen molar-refractivity contribution >= 4 is 39.9 Å². The summed E-state index contributed by atoms with van der Waals surface area (Å²) in [5.74, 6) is 0.750. The van der Waals surface area contributed by atoms with Crippen LogP contribution < -0.4 is 15.8 Å². The third-order valence-corrected chi connectivity index (χ3v) is 4.02. The van der Waals surface area contributed by atoms with E-state index in [-0.39, 0.29) is 35.7 Å². The summed E-state index contributed by atoms with van der Waals surface area (Å²) < 4.78 is 11.8. The van der Waals surface area contributed by atoms with Gasteiger partial charge in [-0.1, -0.05) is 0 Å². The lowest BCUT2D eigenvalue weighted by Crippen LogP contribution is -2.41. The van der Waals surface area contributed by atoms with Crippen LogP contribution in [0.5, 0.6) is 5.75 Å². The molecular weight excluding hydrogens is 384 g/mol. The standard InChI is InChI=1S/C16H17BrN2O3.ClH/c1-16(2)8-11(10-7-9(18)3-4-12(10)22-16)19-15(20)13-5-6-14(17)21-13;/h3-7,11H,8,18H2,1-2H3,(H,19,20);1H. The zero-order valence-corrected chi connectivity index (χ0v) is 15.2. The Hall–Kier alpha value is -1.66. The van der Waals surface area contributed by atoms with E-state index in [0.717, 1.165) is 11.3 Å². The molecule has 3 rings (SSSR count). The molecule has 1 aliphatic rings. The Morgan fingerprint density at radius 1 is 1.35 bits per heavy atom. The van der Waals surface area contributed by atoms with Gasteiger partial charge in [-0.2, -0.15) is 0 Å². The van der Waals surface area contributed by atoms with Crippen LogP contribution in [-0.2, 0) is 0 Å². The molecule has 3 N–H and O–H groups in total. The maximum Gasteiger partial charge on any atom is 0.287 e. The number of ether oxygens (including phenoxy) is 1. The van der Waals surface area contributed by atoms with Crippen LogP contribution in [0, 0.1) is 0 Å². The van der Waals surface area contributed by atoms with Crippen LogP contribution in [-0.4, -0.2) is 11.5 Å². The zero-order chi connectivity index (χ0) is 15.9. The van der Waals surface area contributed by atoms with Gasteiger partial charge in [0.25, 0.3) is 5.91 Å². The lowest BCUT2D eigenvalue weighted by atomic mass is 9.89. The lowest BCUT2D eigenvalue weighted by Gasteiger charge is -2.37. The van der Waals surface area contributed by atoms with Gasteiger partial charge in [0.2, 0.25) is 0 Å². The molecule has 0 saturated carbocycles. The number of amides is 1. The molecule has 124 valence electrons. The van der Waals surface area contributed by atoms with Crippen LogP contribution in [0.25, 0.3) is 0 Å². The monoisotopic (exact) mass is 400 g/mol. The minimum atomic E-state index is -0.370. The van der Waals surface area contributed by atoms with Gasteiger partial charge in [0.15, 0.2) is 10.4 Å². The average molecular weight is 402 g/mol. The van der Waals surface area contributed by atoms with Crippen molar-refractivity contribution in [1.29, 1.82) is 0 Å². The van der Waals surface area contributed by atoms with Gasteiger partial charge >= 0.3 is 0 Å². The van der Waals surface area contributed by atoms with Crippen molar-refractivity contribution in [3.05, 3.63) is 46.3 Å². The molecule has 0 saturated heterocycles. The number of furan rings is 1. The molecule has 0 aliphatic carbocycles. The molecule has 1 amide bonds. The van der Waals surface area contributed by atoms with Gasteiger partial charge in [0.05, 0.1) is 6.04 Å². The Morgan fingerprint density at radius 2 is 2.09 bits per heavy atom. The summed E-state index contributed by atoms with van der Waals surface area (Å²) in [4.78, 5) is 12.3. The molecule has 5 nitrogen and oxygen atoms in total. The molecule has 1 aromatic heterocycles. The molecule has 7 heteroatoms. The van der Waals surface area contributed by atoms with E-state index in [1.165, 1.54) is 0 Å². The fourth-order valence-corrected chi connectivity index (χ4v) is 2.97. The number of hydrogen-bond donors (Lipinski definition) is 2. The van der Waals surface area contributed by atoms with Crippen LogP contribution in [0.15, 0.2) is 39.4 Å². The van der Waals surface area contributed by atoms with E-state index in [1.807, 2.05) is 26.0 Å². The van der Waals surface area contributed by atoms with Gasteiger partial charge < -0.3 is 20.2 Å². The topological polar surface area (TPSA) is 77.5 Å². The number of nitrogen functional groups attached to an aromatic ring is 1. The van der Waals surface area contributed by atoms with Crippen LogP contribution >= 0.6 is 28.3 Å². The molecule has 1 unspecified atom stereocenters. The van der Waals surface area contributed by atoms with Crippen molar-refractivity contribution in [2.24, 2.45) is 0 Å². The SMILES string of the molecule is CC1(C)CC(NC(=O)c2ccc(Br)o2)c2cc(N)ccc2O1.Cl. The number of fused-ring (bicyclic) bond motifs is 1. The lowest BCUT2D eigenvalue weighted by molar-refractivity contribution is 0.0611. The van der Waals surface area contributed by atoms with Gasteiger partial charge in [-0.3, -0.25) is 4.79 Å². The van der Waals surface area contributed by atoms with Crippen LogP contribution in [0.2, 0.25) is 0 Å². The van der Waals surface area contributed by atoms with Gasteiger partial charge in [-0.05, 0) is 60.1 Å². The Morgan fingerprint density at radius 3 is 2.74 bits per heavy atom. The Balaban J connectivity index is 0.00000192. The van der Waals surface area contributed by atoms with Gasteiger partial charge in [-0.25, -0.2) is 0 Å². The molecule has 1 aromatic carbocycles. The summed E-state index contributed by atoms with van der Waals surface area (Å²) in [6, 6.07) is 8.61. The highest BCUT2D eigenvalue weighted by molar-refractivity contribution is 9.10. The van der Waals surface area contributed by atoms with E-state index < -0.39 is 0 Å². The smallest absolute Gasteiger partial charge is 0.287 e. The van der Waals surface area contributed by atoms with Gasteiger partial charge in [0.1, 0.15) is 11.4 Å². The summed E-state index contributed by atoms with van der Waals surface area (Å²) in [6.07, 6.45) is 0.650. The summed E-state index contributed by atoms with van der Waals surface area (Å²) >= 11 is 3.20. The zero-order valence-electron chi connectivity index (χ0n) is 12.8. The molecule has 1 atom stereocenters. The fourth-order valence-electron chi connectivity index (χ4n) is 2.67. The molecule has 0 bridgehead atoms. The highest BCUT2D eigenvalue weighted by Crippen LogP contribution is 2.40. The van der Waals surface area contributed by atoms with Crippen molar-refractivity contribution in [1.82, 2.24) is 5.32 Å². The molecule has 1 aliphatic heterocycles. The van der Waals surface area contributed by atoms with Crippen molar-refractivity contribution in [2.45, 2.75) is 31.9 Å². The van der Waals surface area contributed by atoms with E-state index >= 15 is 0 Å². The number of benzene rings is 1. The third kappa shape index (κ3) is 3.82. The van der Waals surface area contributed by atoms with Crippen molar-refractivity contribution in [3.8, 4) is 5.75 Å². The largest absolute Gasteiger partial charge is 0.487 e. The first-order chi connectivity index (χ1) is 10.3. The molecular formula is C16H18BrClN2O3. The summed E-state index contributed by atoms with van der Waals surface area (Å²) in [5, 5.41) is 3.00. The number of rotatable bonds is 2. The van der Waals surface area contributed by atoms with Crippen molar-refractivity contribution in [3.63, 3.8) is 0 Å². The fraction of sp³-hybridized carbons (Fsp3) is 0.312. The highest BCUT2D eigenvalue weighted by atomic mass is 79.9. The molecule has 0 fully saturated rings. The highest BCUT2D eigenvalue weighted by Gasteiger charge is 2.35. The molecule has 23 heavy (non-hydrogen) atoms. The van der Waals surface area contributed by atoms with E-state index in [4.69, 9.17) is 14.9 Å². The minimum absolute atomic E-state index is 0. The normalized spacial score (nSPS) is 18.3. The first-order valence-electron chi connectivity index (χ1n) is 6.99. The maximum absolute atomic E-state index is 12.3. The summed E-state index contributed by atoms with van der Waals surface area (Å²) in [5.41, 5.74) is 7.02. The molecule has 0 spiro atoms. The Bertz CT molecular complexity index is 730. The van der Waals surface area contributed by atoms with Crippen molar-refractivity contribution < 1.29 is 13.9 Å². The van der Waals surface area contributed by atoms with Crippen molar-refractivity contribution in [2.75, 3.05) is 5.73 Å². The summed E-state index contributed by atoms with van der Waals surface area (Å²) in [6.45, 7) is 3.99. The summed E-state index contributed by atoms with van der Waals surface area (Å²) in [7, 11) is 0. The number of anilines is 1. The number of halogens is 2. The minimum Gasteiger partial charge on any atom is -0.487 e. The number of hydrogen-bond acceptors (Lipinski definition) is 4. The molecule has 2 heterocycles. The Labute approximate surface area is 149 Å². The molecule has 2 aromatic rings. The first kappa shape index (κ1) is 17.7. The second-order valence-corrected chi connectivity index (χ2v) is 6.77. The van der Waals surface area contributed by atoms with Crippen LogP contribution in [0.3, 0.4) is 0 Å². The first-order valence-corrected chi connectivity index (χ1v) is 7.78. The second-order valence-electron chi connectivity index (χ2n) is 5.99. The van der Waals surface area contributed by atoms with E-state index in [1.54, 1.807) is 18.2 Å². The number of carbonyl (C=O) groups excluding carboxylic acids is 1. The number of nitrogens with one attached hydrogen (secondary N) is 1. The number of nitrogens with two attached hydrogens (primary N) is 1. The number of carbonyl (C=O) groups is 1. The quantitative estimate of drug-likeness (QED) is 0.743.